The van der Waals surface area contributed by atoms with Crippen LogP contribution in [0.1, 0.15) is 56.3 Å². The van der Waals surface area contributed by atoms with E-state index in [1.54, 1.807) is 0 Å². The number of nitrogens with zero attached hydrogens (tertiary/aromatic N) is 1. The first kappa shape index (κ1) is 15.4. The first-order chi connectivity index (χ1) is 9.29. The molecule has 0 aromatic heterocycles. The molecule has 19 heavy (non-hydrogen) atoms. The van der Waals surface area contributed by atoms with Gasteiger partial charge in [-0.05, 0) is 25.1 Å². The number of benzene rings is 1. The fraction of sp³-hybridized carbons (Fsp3) is 0.471. The number of carbonyl (C=O) groups excluding carboxylic acids is 1. The van der Waals surface area contributed by atoms with Crippen molar-refractivity contribution in [2.24, 2.45) is 4.99 Å². The normalized spacial score (nSPS) is 9.79. The van der Waals surface area contributed by atoms with E-state index in [1.165, 1.54) is 0 Å². The number of Topliss-reactive ketones (excluding diaryl/α,β-unsaturated/α-hetero) is 1. The van der Waals surface area contributed by atoms with E-state index in [0.29, 0.717) is 5.57 Å². The maximum atomic E-state index is 12.4. The molecule has 0 radical (unpaired) electrons. The third kappa shape index (κ3) is 5.67. The molecule has 0 bridgehead atoms. The predicted octanol–water partition coefficient (Wildman–Crippen LogP) is 4.46. The summed E-state index contributed by atoms with van der Waals surface area (Å²) in [5, 5.41) is 0. The molecule has 0 atom stereocenters. The molecule has 0 unspecified atom stereocenters. The van der Waals surface area contributed by atoms with E-state index in [2.05, 4.69) is 24.7 Å². The van der Waals surface area contributed by atoms with Gasteiger partial charge in [-0.25, -0.2) is 4.99 Å². The van der Waals surface area contributed by atoms with Crippen LogP contribution in [0.5, 0.6) is 0 Å². The Bertz CT molecular complexity index is 442. The van der Waals surface area contributed by atoms with E-state index in [4.69, 9.17) is 0 Å². The fourth-order valence-electron chi connectivity index (χ4n) is 1.73. The summed E-state index contributed by atoms with van der Waals surface area (Å²) in [5.41, 5.74) is 1.44. The van der Waals surface area contributed by atoms with E-state index < -0.39 is 0 Å². The number of hydrogen-bond acceptors (Lipinski definition) is 2. The van der Waals surface area contributed by atoms with Gasteiger partial charge in [0.2, 0.25) is 0 Å². The highest BCUT2D eigenvalue weighted by Crippen LogP contribution is 2.12. The van der Waals surface area contributed by atoms with E-state index >= 15 is 0 Å². The van der Waals surface area contributed by atoms with E-state index in [0.717, 1.165) is 44.2 Å². The number of hydrogen-bond donors (Lipinski definition) is 0. The van der Waals surface area contributed by atoms with E-state index in [1.807, 2.05) is 30.3 Å². The van der Waals surface area contributed by atoms with Crippen molar-refractivity contribution in [1.29, 1.82) is 0 Å². The molecule has 1 aromatic rings. The molecule has 0 aliphatic heterocycles. The lowest BCUT2D eigenvalue weighted by molar-refractivity contribution is 0.103. The van der Waals surface area contributed by atoms with Crippen LogP contribution < -0.4 is 0 Å². The van der Waals surface area contributed by atoms with Crippen LogP contribution in [-0.2, 0) is 0 Å². The lowest BCUT2D eigenvalue weighted by Gasteiger charge is -2.02. The molecule has 0 saturated carbocycles. The molecule has 1 rings (SSSR count). The van der Waals surface area contributed by atoms with E-state index in [9.17, 15) is 4.79 Å². The van der Waals surface area contributed by atoms with Crippen molar-refractivity contribution in [2.45, 2.75) is 46.0 Å². The predicted molar refractivity (Wildman–Crippen MR) is 81.0 cm³/mol. The van der Waals surface area contributed by atoms with Crippen LogP contribution in [0.4, 0.5) is 0 Å². The Morgan fingerprint density at radius 3 is 2.42 bits per heavy atom. The van der Waals surface area contributed by atoms with Gasteiger partial charge in [0.1, 0.15) is 0 Å². The number of unbranched alkanes of at least 4 members (excludes halogenated alkanes) is 2. The highest BCUT2D eigenvalue weighted by atomic mass is 16.1. The van der Waals surface area contributed by atoms with Gasteiger partial charge in [0, 0.05) is 12.1 Å². The van der Waals surface area contributed by atoms with E-state index in [-0.39, 0.29) is 5.78 Å². The molecule has 0 heterocycles. The quantitative estimate of drug-likeness (QED) is 0.293. The SMILES string of the molecule is CCCCN=C=C(CCCC)C(=O)c1ccccc1. The summed E-state index contributed by atoms with van der Waals surface area (Å²) in [5.74, 6) is 3.04. The molecule has 2 heteroatoms. The van der Waals surface area contributed by atoms with Gasteiger partial charge >= 0.3 is 0 Å². The molecule has 0 aliphatic carbocycles. The highest BCUT2D eigenvalue weighted by Gasteiger charge is 2.11. The smallest absolute Gasteiger partial charge is 0.198 e. The number of rotatable bonds is 8. The topological polar surface area (TPSA) is 29.4 Å². The van der Waals surface area contributed by atoms with Crippen molar-refractivity contribution in [3.8, 4) is 0 Å². The monoisotopic (exact) mass is 257 g/mol. The average Bonchev–Trinajstić information content (AvgIpc) is 2.47. The Kier molecular flexibility index (Phi) is 7.53. The second-order valence-electron chi connectivity index (χ2n) is 4.62. The van der Waals surface area contributed by atoms with Gasteiger partial charge in [-0.1, -0.05) is 57.0 Å². The standard InChI is InChI=1S/C17H23NO/c1-3-5-10-16(14-18-13-6-4-2)17(19)15-11-8-7-9-12-15/h7-9,11-12H,3-6,10,13H2,1-2H3. The zero-order valence-corrected chi connectivity index (χ0v) is 12.0. The van der Waals surface area contributed by atoms with Crippen LogP contribution in [0.25, 0.3) is 0 Å². The Labute approximate surface area is 116 Å². The first-order valence-corrected chi connectivity index (χ1v) is 7.17. The molecule has 0 saturated heterocycles. The Morgan fingerprint density at radius 1 is 1.11 bits per heavy atom. The lowest BCUT2D eigenvalue weighted by Crippen LogP contribution is -2.04. The van der Waals surface area contributed by atoms with Gasteiger partial charge in [-0.3, -0.25) is 4.79 Å². The van der Waals surface area contributed by atoms with Crippen LogP contribution in [0.15, 0.2) is 40.9 Å². The third-order valence-corrected chi connectivity index (χ3v) is 2.93. The highest BCUT2D eigenvalue weighted by molar-refractivity contribution is 6.13. The summed E-state index contributed by atoms with van der Waals surface area (Å²) in [4.78, 5) is 16.6. The van der Waals surface area contributed by atoms with Crippen LogP contribution in [-0.4, -0.2) is 18.2 Å². The average molecular weight is 257 g/mol. The molecule has 0 fully saturated rings. The van der Waals surface area contributed by atoms with Gasteiger partial charge in [0.25, 0.3) is 0 Å². The second kappa shape index (κ2) is 9.29. The summed E-state index contributed by atoms with van der Waals surface area (Å²) >= 11 is 0. The minimum absolute atomic E-state index is 0.0642. The Hall–Kier alpha value is -1.66. The van der Waals surface area contributed by atoms with Crippen LogP contribution in [0, 0.1) is 0 Å². The van der Waals surface area contributed by atoms with Crippen LogP contribution >= 0.6 is 0 Å². The summed E-state index contributed by atoms with van der Waals surface area (Å²) in [7, 11) is 0. The van der Waals surface area contributed by atoms with Crippen LogP contribution in [0.3, 0.4) is 0 Å². The number of aliphatic imine (C=N–C) groups is 1. The first-order valence-electron chi connectivity index (χ1n) is 7.17. The van der Waals surface area contributed by atoms with Crippen molar-refractivity contribution in [2.75, 3.05) is 6.54 Å². The summed E-state index contributed by atoms with van der Waals surface area (Å²) in [6.07, 6.45) is 5.00. The van der Waals surface area contributed by atoms with Crippen molar-refractivity contribution in [1.82, 2.24) is 0 Å². The van der Waals surface area contributed by atoms with Crippen LogP contribution in [0.2, 0.25) is 0 Å². The second-order valence-corrected chi connectivity index (χ2v) is 4.62. The van der Waals surface area contributed by atoms with Crippen molar-refractivity contribution < 1.29 is 4.79 Å². The Morgan fingerprint density at radius 2 is 1.79 bits per heavy atom. The summed E-state index contributed by atoms with van der Waals surface area (Å²) in [6.45, 7) is 5.01. The largest absolute Gasteiger partial charge is 0.288 e. The molecule has 0 amide bonds. The molecule has 102 valence electrons. The number of allylic oxidation sites excluding steroid dienone is 1. The zero-order chi connectivity index (χ0) is 13.9. The maximum absolute atomic E-state index is 12.4. The molecule has 0 aliphatic rings. The maximum Gasteiger partial charge on any atom is 0.198 e. The van der Waals surface area contributed by atoms with Gasteiger partial charge < -0.3 is 0 Å². The van der Waals surface area contributed by atoms with Gasteiger partial charge in [-0.15, -0.1) is 0 Å². The van der Waals surface area contributed by atoms with Crippen molar-refractivity contribution in [3.63, 3.8) is 0 Å². The summed E-state index contributed by atoms with van der Waals surface area (Å²) in [6, 6.07) is 9.39. The molecular weight excluding hydrogens is 234 g/mol. The number of ketones is 1. The molecule has 0 spiro atoms. The molecular formula is C17H23NO. The molecule has 1 aromatic carbocycles. The van der Waals surface area contributed by atoms with Gasteiger partial charge in [-0.2, -0.15) is 0 Å². The van der Waals surface area contributed by atoms with Gasteiger partial charge in [0.15, 0.2) is 5.78 Å². The number of carbonyl (C=O) groups is 1. The third-order valence-electron chi connectivity index (χ3n) is 2.93. The van der Waals surface area contributed by atoms with Crippen molar-refractivity contribution >= 4 is 11.7 Å². The van der Waals surface area contributed by atoms with Gasteiger partial charge in [0.05, 0.1) is 5.57 Å². The summed E-state index contributed by atoms with van der Waals surface area (Å²) < 4.78 is 0. The zero-order valence-electron chi connectivity index (χ0n) is 12.0. The van der Waals surface area contributed by atoms with Crippen molar-refractivity contribution in [3.05, 3.63) is 41.5 Å². The molecule has 0 N–H and O–H groups in total. The fourth-order valence-corrected chi connectivity index (χ4v) is 1.73. The lowest BCUT2D eigenvalue weighted by atomic mass is 10.0. The molecule has 2 nitrogen and oxygen atoms in total. The minimum Gasteiger partial charge on any atom is -0.288 e. The Balaban J connectivity index is 2.84. The minimum atomic E-state index is 0.0642.